The molecule has 0 bridgehead atoms. The average molecular weight is 331 g/mol. The van der Waals surface area contributed by atoms with E-state index in [1.807, 2.05) is 0 Å². The van der Waals surface area contributed by atoms with Crippen LogP contribution in [-0.4, -0.2) is 55.2 Å². The molecular formula is C12H17N3O6S. The zero-order chi connectivity index (χ0) is 17.1. The maximum Gasteiger partial charge on any atom is 0.283 e. The maximum absolute atomic E-state index is 12.1. The molecule has 0 aliphatic carbocycles. The highest BCUT2D eigenvalue weighted by atomic mass is 32.2. The summed E-state index contributed by atoms with van der Waals surface area (Å²) < 4.78 is 23.8. The van der Waals surface area contributed by atoms with Gasteiger partial charge in [0.25, 0.3) is 11.6 Å². The van der Waals surface area contributed by atoms with Gasteiger partial charge >= 0.3 is 0 Å². The van der Waals surface area contributed by atoms with Gasteiger partial charge in [-0.2, -0.15) is 0 Å². The summed E-state index contributed by atoms with van der Waals surface area (Å²) in [5, 5.41) is 20.0. The zero-order valence-electron chi connectivity index (χ0n) is 12.1. The molecule has 0 atom stereocenters. The van der Waals surface area contributed by atoms with Crippen LogP contribution >= 0.6 is 0 Å². The van der Waals surface area contributed by atoms with Crippen LogP contribution in [0.25, 0.3) is 0 Å². The van der Waals surface area contributed by atoms with Crippen LogP contribution in [0.5, 0.6) is 0 Å². The van der Waals surface area contributed by atoms with Gasteiger partial charge in [0.2, 0.25) is 0 Å². The van der Waals surface area contributed by atoms with E-state index in [4.69, 9.17) is 10.8 Å². The number of nitrogens with zero attached hydrogens (tertiary/aromatic N) is 2. The molecule has 0 aliphatic rings. The summed E-state index contributed by atoms with van der Waals surface area (Å²) >= 11 is 0. The van der Waals surface area contributed by atoms with Crippen molar-refractivity contribution in [2.75, 3.05) is 31.7 Å². The summed E-state index contributed by atoms with van der Waals surface area (Å²) in [7, 11) is -2.40. The summed E-state index contributed by atoms with van der Waals surface area (Å²) in [5.74, 6) is -1.00. The number of hydrogen-bond acceptors (Lipinski definition) is 7. The highest BCUT2D eigenvalue weighted by molar-refractivity contribution is 7.91. The number of carbonyl (C=O) groups is 1. The molecule has 0 aliphatic heterocycles. The first-order chi connectivity index (χ1) is 10.2. The molecule has 0 fully saturated rings. The first-order valence-corrected chi connectivity index (χ1v) is 7.98. The number of hydrogen-bond donors (Lipinski definition) is 2. The van der Waals surface area contributed by atoms with Crippen LogP contribution < -0.4 is 5.73 Å². The van der Waals surface area contributed by atoms with Crippen molar-refractivity contribution in [3.63, 3.8) is 0 Å². The Bertz CT molecular complexity index is 701. The Balaban J connectivity index is 3.52. The number of nitrogen functional groups attached to an aromatic ring is 1. The molecular weight excluding hydrogens is 314 g/mol. The first kappa shape index (κ1) is 17.9. The minimum absolute atomic E-state index is 0.0229. The largest absolute Gasteiger partial charge is 0.398 e. The van der Waals surface area contributed by atoms with E-state index in [0.29, 0.717) is 0 Å². The second-order valence-electron chi connectivity index (χ2n) is 4.52. The van der Waals surface area contributed by atoms with E-state index in [2.05, 4.69) is 0 Å². The molecule has 10 heteroatoms. The molecule has 22 heavy (non-hydrogen) atoms. The normalized spacial score (nSPS) is 11.2. The molecule has 0 aromatic heterocycles. The molecule has 0 saturated carbocycles. The monoisotopic (exact) mass is 331 g/mol. The summed E-state index contributed by atoms with van der Waals surface area (Å²) in [6, 6.07) is 1.78. The summed E-state index contributed by atoms with van der Waals surface area (Å²) in [6.45, 7) is 1.05. The number of amides is 1. The van der Waals surface area contributed by atoms with Gasteiger partial charge in [0.15, 0.2) is 9.84 Å². The Morgan fingerprint density at radius 3 is 2.50 bits per heavy atom. The number of nitrogens with two attached hydrogens (primary N) is 1. The average Bonchev–Trinajstić information content (AvgIpc) is 2.45. The number of aliphatic hydroxyl groups excluding tert-OH is 1. The van der Waals surface area contributed by atoms with E-state index >= 15 is 0 Å². The number of anilines is 1. The van der Waals surface area contributed by atoms with Gasteiger partial charge in [0, 0.05) is 19.7 Å². The lowest BCUT2D eigenvalue weighted by Crippen LogP contribution is -2.30. The standard InChI is InChI=1S/C12H17N3O6S/c1-3-22(20,21)11-7-10(15(18)19)8(6-9(11)13)12(17)14(2)4-5-16/h6-7,16H,3-5,13H2,1-2H3. The second kappa shape index (κ2) is 6.71. The van der Waals surface area contributed by atoms with Gasteiger partial charge in [-0.25, -0.2) is 8.42 Å². The second-order valence-corrected chi connectivity index (χ2v) is 6.76. The van der Waals surface area contributed by atoms with Crippen molar-refractivity contribution in [1.82, 2.24) is 4.90 Å². The SMILES string of the molecule is CCS(=O)(=O)c1cc([N+](=O)[O-])c(C(=O)N(C)CCO)cc1N. The molecule has 0 radical (unpaired) electrons. The third-order valence-electron chi connectivity index (χ3n) is 3.05. The molecule has 1 aromatic rings. The Labute approximate surface area is 127 Å². The third kappa shape index (κ3) is 3.52. The Morgan fingerprint density at radius 1 is 1.45 bits per heavy atom. The molecule has 1 aromatic carbocycles. The van der Waals surface area contributed by atoms with Crippen LogP contribution in [0.3, 0.4) is 0 Å². The Kier molecular flexibility index (Phi) is 5.44. The van der Waals surface area contributed by atoms with Crippen LogP contribution in [0.2, 0.25) is 0 Å². The number of sulfone groups is 1. The van der Waals surface area contributed by atoms with Gasteiger partial charge in [-0.15, -0.1) is 0 Å². The minimum Gasteiger partial charge on any atom is -0.398 e. The predicted octanol–water partition coefficient (Wildman–Crippen LogP) is 0.0349. The minimum atomic E-state index is -3.75. The van der Waals surface area contributed by atoms with E-state index < -0.39 is 26.4 Å². The van der Waals surface area contributed by atoms with E-state index in [-0.39, 0.29) is 35.1 Å². The highest BCUT2D eigenvalue weighted by Crippen LogP contribution is 2.30. The molecule has 0 saturated heterocycles. The van der Waals surface area contributed by atoms with Crippen molar-refractivity contribution in [2.24, 2.45) is 0 Å². The van der Waals surface area contributed by atoms with E-state index in [1.54, 1.807) is 0 Å². The molecule has 122 valence electrons. The van der Waals surface area contributed by atoms with Crippen molar-refractivity contribution in [2.45, 2.75) is 11.8 Å². The molecule has 1 amide bonds. The van der Waals surface area contributed by atoms with Crippen molar-refractivity contribution in [1.29, 1.82) is 0 Å². The van der Waals surface area contributed by atoms with Crippen LogP contribution in [0, 0.1) is 10.1 Å². The third-order valence-corrected chi connectivity index (χ3v) is 4.84. The fraction of sp³-hybridized carbons (Fsp3) is 0.417. The smallest absolute Gasteiger partial charge is 0.283 e. The maximum atomic E-state index is 12.1. The van der Waals surface area contributed by atoms with Crippen LogP contribution in [-0.2, 0) is 9.84 Å². The number of rotatable bonds is 6. The van der Waals surface area contributed by atoms with Crippen molar-refractivity contribution in [3.8, 4) is 0 Å². The van der Waals surface area contributed by atoms with Crippen molar-refractivity contribution < 1.29 is 23.2 Å². The molecule has 3 N–H and O–H groups in total. The van der Waals surface area contributed by atoms with Gasteiger partial charge in [-0.3, -0.25) is 14.9 Å². The number of aliphatic hydroxyl groups is 1. The first-order valence-electron chi connectivity index (χ1n) is 6.32. The Hall–Kier alpha value is -2.20. The quantitative estimate of drug-likeness (QED) is 0.425. The fourth-order valence-corrected chi connectivity index (χ4v) is 2.81. The van der Waals surface area contributed by atoms with E-state index in [0.717, 1.165) is 17.0 Å². The lowest BCUT2D eigenvalue weighted by atomic mass is 10.1. The Morgan fingerprint density at radius 2 is 2.05 bits per heavy atom. The van der Waals surface area contributed by atoms with Crippen molar-refractivity contribution >= 4 is 27.1 Å². The summed E-state index contributed by atoms with van der Waals surface area (Å²) in [5.41, 5.74) is 4.45. The fourth-order valence-electron chi connectivity index (χ4n) is 1.79. The van der Waals surface area contributed by atoms with Crippen molar-refractivity contribution in [3.05, 3.63) is 27.8 Å². The molecule has 9 nitrogen and oxygen atoms in total. The summed E-state index contributed by atoms with van der Waals surface area (Å²) in [4.78, 5) is 23.2. The number of benzene rings is 1. The lowest BCUT2D eigenvalue weighted by molar-refractivity contribution is -0.385. The molecule has 1 rings (SSSR count). The number of nitro benzene ring substituents is 1. The lowest BCUT2D eigenvalue weighted by Gasteiger charge is -2.16. The van der Waals surface area contributed by atoms with E-state index in [9.17, 15) is 23.3 Å². The van der Waals surface area contributed by atoms with Crippen LogP contribution in [0.1, 0.15) is 17.3 Å². The van der Waals surface area contributed by atoms with Gasteiger partial charge in [0.1, 0.15) is 5.56 Å². The number of nitro groups is 1. The van der Waals surface area contributed by atoms with E-state index in [1.165, 1.54) is 14.0 Å². The predicted molar refractivity (Wildman–Crippen MR) is 79.3 cm³/mol. The van der Waals surface area contributed by atoms with Crippen LogP contribution in [0.15, 0.2) is 17.0 Å². The number of likely N-dealkylation sites (N-methyl/N-ethyl adjacent to an activating group) is 1. The van der Waals surface area contributed by atoms with Crippen LogP contribution in [0.4, 0.5) is 11.4 Å². The topological polar surface area (TPSA) is 144 Å². The van der Waals surface area contributed by atoms with Gasteiger partial charge < -0.3 is 15.7 Å². The van der Waals surface area contributed by atoms with Gasteiger partial charge in [-0.1, -0.05) is 6.92 Å². The number of carbonyl (C=O) groups excluding carboxylic acids is 1. The molecule has 0 spiro atoms. The van der Waals surface area contributed by atoms with Gasteiger partial charge in [-0.05, 0) is 6.07 Å². The molecule has 0 heterocycles. The highest BCUT2D eigenvalue weighted by Gasteiger charge is 2.28. The zero-order valence-corrected chi connectivity index (χ0v) is 13.0. The summed E-state index contributed by atoms with van der Waals surface area (Å²) in [6.07, 6.45) is 0. The molecule has 0 unspecified atom stereocenters. The van der Waals surface area contributed by atoms with Gasteiger partial charge in [0.05, 0.1) is 27.9 Å².